The summed E-state index contributed by atoms with van der Waals surface area (Å²) in [6, 6.07) is 21.1. The molecule has 0 bridgehead atoms. The van der Waals surface area contributed by atoms with Gasteiger partial charge >= 0.3 is 5.97 Å². The molecule has 166 valence electrons. The number of hydrogen-bond donors (Lipinski definition) is 0. The van der Waals surface area contributed by atoms with Gasteiger partial charge in [-0.1, -0.05) is 48.0 Å². The van der Waals surface area contributed by atoms with Crippen LogP contribution in [0, 0.1) is 5.92 Å². The van der Waals surface area contributed by atoms with Gasteiger partial charge in [-0.15, -0.1) is 0 Å². The van der Waals surface area contributed by atoms with Crippen molar-refractivity contribution in [1.29, 1.82) is 0 Å². The van der Waals surface area contributed by atoms with Crippen LogP contribution in [-0.4, -0.2) is 36.8 Å². The van der Waals surface area contributed by atoms with E-state index in [0.29, 0.717) is 23.6 Å². The van der Waals surface area contributed by atoms with Gasteiger partial charge in [0.05, 0.1) is 16.5 Å². The van der Waals surface area contributed by atoms with E-state index >= 15 is 0 Å². The Kier molecular flexibility index (Phi) is 6.89. The predicted molar refractivity (Wildman–Crippen MR) is 122 cm³/mol. The third kappa shape index (κ3) is 5.01. The normalized spacial score (nSPS) is 16.4. The average molecular weight is 471 g/mol. The molecule has 6 nitrogen and oxygen atoms in total. The number of carbonyl (C=O) groups excluding carboxylic acids is 1. The van der Waals surface area contributed by atoms with E-state index in [9.17, 15) is 13.2 Å². The number of aromatic nitrogens is 1. The SMILES string of the molecule is O=C(OC(c1ccccc1)c1ccccn1)C1CCN(S(=O)(=O)c2ccc(Cl)cc2)CC1. The molecule has 1 aromatic heterocycles. The second-order valence-electron chi connectivity index (χ2n) is 7.61. The fourth-order valence-electron chi connectivity index (χ4n) is 3.76. The molecule has 2 aromatic carbocycles. The van der Waals surface area contributed by atoms with Crippen molar-refractivity contribution in [3.8, 4) is 0 Å². The molecule has 0 radical (unpaired) electrons. The number of sulfonamides is 1. The van der Waals surface area contributed by atoms with Crippen LogP contribution in [0.4, 0.5) is 0 Å². The molecular formula is C24H23ClN2O4S. The van der Waals surface area contributed by atoms with E-state index in [2.05, 4.69) is 4.98 Å². The Morgan fingerprint density at radius 3 is 2.25 bits per heavy atom. The van der Waals surface area contributed by atoms with Gasteiger partial charge in [0, 0.05) is 24.3 Å². The number of nitrogens with zero attached hydrogens (tertiary/aromatic N) is 2. The van der Waals surface area contributed by atoms with E-state index in [1.54, 1.807) is 18.3 Å². The van der Waals surface area contributed by atoms with Gasteiger partial charge in [-0.25, -0.2) is 8.42 Å². The third-order valence-corrected chi connectivity index (χ3v) is 7.70. The lowest BCUT2D eigenvalue weighted by atomic mass is 9.98. The molecule has 1 saturated heterocycles. The van der Waals surface area contributed by atoms with Crippen LogP contribution in [0.1, 0.15) is 30.2 Å². The fourth-order valence-corrected chi connectivity index (χ4v) is 5.35. The number of pyridine rings is 1. The van der Waals surface area contributed by atoms with Crippen molar-refractivity contribution in [2.45, 2.75) is 23.8 Å². The molecule has 1 unspecified atom stereocenters. The number of carbonyl (C=O) groups is 1. The monoisotopic (exact) mass is 470 g/mol. The van der Waals surface area contributed by atoms with Crippen molar-refractivity contribution in [3.63, 3.8) is 0 Å². The summed E-state index contributed by atoms with van der Waals surface area (Å²) in [6.07, 6.45) is 1.85. The van der Waals surface area contributed by atoms with Crippen LogP contribution in [0.15, 0.2) is 83.9 Å². The second kappa shape index (κ2) is 9.81. The van der Waals surface area contributed by atoms with Gasteiger partial charge in [-0.05, 0) is 54.8 Å². The Balaban J connectivity index is 1.44. The maximum atomic E-state index is 13.0. The zero-order valence-corrected chi connectivity index (χ0v) is 18.9. The third-order valence-electron chi connectivity index (χ3n) is 5.53. The highest BCUT2D eigenvalue weighted by atomic mass is 35.5. The summed E-state index contributed by atoms with van der Waals surface area (Å²) in [4.78, 5) is 17.5. The van der Waals surface area contributed by atoms with E-state index in [1.807, 2.05) is 48.5 Å². The molecule has 0 aliphatic carbocycles. The van der Waals surface area contributed by atoms with Crippen molar-refractivity contribution < 1.29 is 17.9 Å². The molecule has 8 heteroatoms. The smallest absolute Gasteiger partial charge is 0.310 e. The zero-order valence-electron chi connectivity index (χ0n) is 17.3. The summed E-state index contributed by atoms with van der Waals surface area (Å²) in [5.41, 5.74) is 1.48. The van der Waals surface area contributed by atoms with Crippen LogP contribution in [-0.2, 0) is 19.6 Å². The van der Waals surface area contributed by atoms with Crippen molar-refractivity contribution in [2.24, 2.45) is 5.92 Å². The Labute approximate surface area is 192 Å². The fraction of sp³-hybridized carbons (Fsp3) is 0.250. The van der Waals surface area contributed by atoms with Crippen LogP contribution in [0.3, 0.4) is 0 Å². The molecule has 3 aromatic rings. The van der Waals surface area contributed by atoms with Crippen molar-refractivity contribution in [3.05, 3.63) is 95.3 Å². The summed E-state index contributed by atoms with van der Waals surface area (Å²) in [6.45, 7) is 0.509. The second-order valence-corrected chi connectivity index (χ2v) is 9.99. The lowest BCUT2D eigenvalue weighted by Crippen LogP contribution is -2.40. The summed E-state index contributed by atoms with van der Waals surface area (Å²) in [7, 11) is -3.62. The van der Waals surface area contributed by atoms with E-state index in [0.717, 1.165) is 5.56 Å². The standard InChI is InChI=1S/C24H23ClN2O4S/c25-20-9-11-21(12-10-20)32(29,30)27-16-13-19(14-17-27)24(28)31-23(18-6-2-1-3-7-18)22-8-4-5-15-26-22/h1-12,15,19,23H,13-14,16-17H2. The molecule has 4 rings (SSSR count). The van der Waals surface area contributed by atoms with Crippen LogP contribution < -0.4 is 0 Å². The Morgan fingerprint density at radius 2 is 1.62 bits per heavy atom. The number of halogens is 1. The number of rotatable bonds is 6. The first-order chi connectivity index (χ1) is 15.4. The van der Waals surface area contributed by atoms with E-state index in [1.165, 1.54) is 16.4 Å². The lowest BCUT2D eigenvalue weighted by Gasteiger charge is -2.31. The molecule has 0 spiro atoms. The number of esters is 1. The topological polar surface area (TPSA) is 76.6 Å². The highest BCUT2D eigenvalue weighted by Crippen LogP contribution is 2.29. The van der Waals surface area contributed by atoms with Gasteiger partial charge in [0.25, 0.3) is 0 Å². The Hall–Kier alpha value is -2.74. The number of hydrogen-bond acceptors (Lipinski definition) is 5. The molecule has 0 amide bonds. The summed E-state index contributed by atoms with van der Waals surface area (Å²) in [5, 5.41) is 0.478. The first-order valence-electron chi connectivity index (χ1n) is 10.4. The van der Waals surface area contributed by atoms with Gasteiger partial charge in [-0.2, -0.15) is 4.31 Å². The molecular weight excluding hydrogens is 448 g/mol. The Bertz CT molecular complexity index is 1110. The van der Waals surface area contributed by atoms with Crippen molar-refractivity contribution >= 4 is 27.6 Å². The van der Waals surface area contributed by atoms with E-state index in [-0.39, 0.29) is 29.9 Å². The Morgan fingerprint density at radius 1 is 0.969 bits per heavy atom. The average Bonchev–Trinajstić information content (AvgIpc) is 2.84. The van der Waals surface area contributed by atoms with Crippen molar-refractivity contribution in [2.75, 3.05) is 13.1 Å². The minimum atomic E-state index is -3.62. The van der Waals surface area contributed by atoms with Gasteiger partial charge in [-0.3, -0.25) is 9.78 Å². The quantitative estimate of drug-likeness (QED) is 0.497. The van der Waals surface area contributed by atoms with Crippen molar-refractivity contribution in [1.82, 2.24) is 9.29 Å². The van der Waals surface area contributed by atoms with E-state index in [4.69, 9.17) is 16.3 Å². The van der Waals surface area contributed by atoms with Gasteiger partial charge < -0.3 is 4.74 Å². The zero-order chi connectivity index (χ0) is 22.6. The number of piperidine rings is 1. The maximum absolute atomic E-state index is 13.0. The van der Waals surface area contributed by atoms with Gasteiger partial charge in [0.15, 0.2) is 6.10 Å². The molecule has 0 saturated carbocycles. The van der Waals surface area contributed by atoms with E-state index < -0.39 is 16.1 Å². The maximum Gasteiger partial charge on any atom is 0.310 e. The summed E-state index contributed by atoms with van der Waals surface area (Å²) in [5.74, 6) is -0.713. The summed E-state index contributed by atoms with van der Waals surface area (Å²) < 4.78 is 33.1. The summed E-state index contributed by atoms with van der Waals surface area (Å²) >= 11 is 5.87. The van der Waals surface area contributed by atoms with Crippen LogP contribution in [0.5, 0.6) is 0 Å². The first-order valence-corrected chi connectivity index (χ1v) is 12.2. The molecule has 32 heavy (non-hydrogen) atoms. The minimum Gasteiger partial charge on any atom is -0.451 e. The highest BCUT2D eigenvalue weighted by molar-refractivity contribution is 7.89. The molecule has 1 atom stereocenters. The first kappa shape index (κ1) is 22.5. The number of benzene rings is 2. The van der Waals surface area contributed by atoms with Crippen LogP contribution in [0.25, 0.3) is 0 Å². The molecule has 1 fully saturated rings. The predicted octanol–water partition coefficient (Wildman–Crippen LogP) is 4.47. The molecule has 0 N–H and O–H groups in total. The van der Waals surface area contributed by atoms with Crippen LogP contribution in [0.2, 0.25) is 5.02 Å². The largest absolute Gasteiger partial charge is 0.451 e. The van der Waals surface area contributed by atoms with Gasteiger partial charge in [0.2, 0.25) is 10.0 Å². The minimum absolute atomic E-state index is 0.197. The van der Waals surface area contributed by atoms with Crippen LogP contribution >= 0.6 is 11.6 Å². The number of ether oxygens (including phenoxy) is 1. The lowest BCUT2D eigenvalue weighted by molar-refractivity contribution is -0.154. The van der Waals surface area contributed by atoms with Gasteiger partial charge in [0.1, 0.15) is 0 Å². The molecule has 1 aliphatic rings. The highest BCUT2D eigenvalue weighted by Gasteiger charge is 2.34. The molecule has 2 heterocycles. The molecule has 1 aliphatic heterocycles.